The summed E-state index contributed by atoms with van der Waals surface area (Å²) in [5.74, 6) is 2.26. The van der Waals surface area contributed by atoms with Crippen LogP contribution in [0.4, 0.5) is 0 Å². The molecule has 1 aliphatic heterocycles. The maximum Gasteiger partial charge on any atom is 0.129 e. The number of nitrogens with one attached hydrogen (secondary N) is 2. The minimum Gasteiger partial charge on any atom is -0.351 e. The van der Waals surface area contributed by atoms with Crippen molar-refractivity contribution >= 4 is 44.6 Å². The van der Waals surface area contributed by atoms with Crippen LogP contribution in [-0.4, -0.2) is 15.0 Å². The Morgan fingerprint density at radius 1 is 0.725 bits per heavy atom. The Morgan fingerprint density at radius 3 is 2.06 bits per heavy atom. The molecule has 0 amide bonds. The highest BCUT2D eigenvalue weighted by Crippen LogP contribution is 2.55. The van der Waals surface area contributed by atoms with Gasteiger partial charge in [0.15, 0.2) is 0 Å². The van der Waals surface area contributed by atoms with Crippen molar-refractivity contribution in [2.75, 3.05) is 0 Å². The molecule has 69 heavy (non-hydrogen) atoms. The zero-order valence-corrected chi connectivity index (χ0v) is 42.0. The molecule has 4 aliphatic carbocycles. The lowest BCUT2D eigenvalue weighted by Gasteiger charge is -2.35. The highest BCUT2D eigenvalue weighted by atomic mass is 15.3. The molecule has 0 saturated carbocycles. The third-order valence-electron chi connectivity index (χ3n) is 16.7. The van der Waals surface area contributed by atoms with E-state index in [9.17, 15) is 5.26 Å². The molecule has 2 N–H and O–H groups in total. The third kappa shape index (κ3) is 6.71. The summed E-state index contributed by atoms with van der Waals surface area (Å²) < 4.78 is 5.01. The summed E-state index contributed by atoms with van der Waals surface area (Å²) in [5.41, 5.74) is 24.0. The average molecular weight is 905 g/mol. The SMILES string of the molecule is CC1=Cc2c(n(-c3cc(-n4c5c(C)cc(C)cc5c5cc(C)cc(C)c54)c(C4NC(C5=CC=CCC5)=NC(c5ccc6c(c5)C5CC=CCC5C6(C)C)N4)cc3C#N)c3c(C)cc(C)cc23)C(C)C1. The molecule has 346 valence electrons. The molecule has 5 aromatic carbocycles. The van der Waals surface area contributed by atoms with Crippen LogP contribution < -0.4 is 10.6 Å². The van der Waals surface area contributed by atoms with Crippen molar-refractivity contribution in [2.45, 2.75) is 131 Å². The van der Waals surface area contributed by atoms with E-state index in [1.54, 1.807) is 0 Å². The smallest absolute Gasteiger partial charge is 0.129 e. The third-order valence-corrected chi connectivity index (χ3v) is 16.7. The van der Waals surface area contributed by atoms with Gasteiger partial charge in [0.1, 0.15) is 24.2 Å². The zero-order valence-electron chi connectivity index (χ0n) is 42.0. The van der Waals surface area contributed by atoms with E-state index < -0.39 is 6.17 Å². The molecule has 5 unspecified atom stereocenters. The highest BCUT2D eigenvalue weighted by Gasteiger charge is 2.46. The standard InChI is InChI=1S/C63H64N6/c1-34-22-38(5)56-47(26-34)48-27-35(2)23-39(6)57(48)68(56)54-32-55(69-58-40(7)24-36(3)28-49(58)50-29-37(4)25-41(8)59(50)69)51(31-44(54)33-64)62-66-60(42-16-12-11-13-17-42)65-61(67-62)43-20-21-53-46(30-43)45-18-14-15-19-52(45)63(53,9)10/h11-12,14-16,20-22,24-32,39,45,52,61-62,67H,13,17-19,23H2,1-10H3,(H,65,66). The first-order valence-electron chi connectivity index (χ1n) is 25.4. The van der Waals surface area contributed by atoms with E-state index in [0.29, 0.717) is 17.4 Å². The minimum atomic E-state index is -0.395. The van der Waals surface area contributed by atoms with Gasteiger partial charge < -0.3 is 14.5 Å². The van der Waals surface area contributed by atoms with E-state index >= 15 is 0 Å². The Balaban J connectivity index is 1.15. The van der Waals surface area contributed by atoms with Crippen molar-refractivity contribution in [3.05, 3.63) is 181 Å². The van der Waals surface area contributed by atoms with Crippen LogP contribution >= 0.6 is 0 Å². The molecule has 0 radical (unpaired) electrons. The van der Waals surface area contributed by atoms with Crippen molar-refractivity contribution in [2.24, 2.45) is 10.9 Å². The van der Waals surface area contributed by atoms with Crippen LogP contribution in [0.3, 0.4) is 0 Å². The Morgan fingerprint density at radius 2 is 1.39 bits per heavy atom. The number of benzene rings is 5. The molecule has 5 atom stereocenters. The molecular formula is C63H64N6. The van der Waals surface area contributed by atoms with Crippen LogP contribution in [0.5, 0.6) is 0 Å². The molecule has 5 aliphatic rings. The molecule has 7 aromatic rings. The summed E-state index contributed by atoms with van der Waals surface area (Å²) in [7, 11) is 0. The van der Waals surface area contributed by atoms with Gasteiger partial charge in [-0.05, 0) is 167 Å². The van der Waals surface area contributed by atoms with Gasteiger partial charge in [0.05, 0.1) is 33.5 Å². The number of aryl methyl sites for hydroxylation is 6. The van der Waals surface area contributed by atoms with Gasteiger partial charge in [-0.3, -0.25) is 5.32 Å². The number of aromatic nitrogens is 2. The molecule has 0 spiro atoms. The van der Waals surface area contributed by atoms with Crippen LogP contribution in [0.15, 0.2) is 113 Å². The number of fused-ring (bicyclic) bond motifs is 9. The second-order valence-electron chi connectivity index (χ2n) is 22.0. The summed E-state index contributed by atoms with van der Waals surface area (Å²) in [6.45, 7) is 22.9. The number of amidine groups is 1. The van der Waals surface area contributed by atoms with Crippen molar-refractivity contribution in [3.63, 3.8) is 0 Å². The number of nitrogens with zero attached hydrogens (tertiary/aromatic N) is 4. The maximum atomic E-state index is 11.6. The molecule has 12 rings (SSSR count). The van der Waals surface area contributed by atoms with E-state index in [2.05, 4.69) is 198 Å². The second-order valence-corrected chi connectivity index (χ2v) is 22.0. The fourth-order valence-electron chi connectivity index (χ4n) is 13.8. The predicted molar refractivity (Wildman–Crippen MR) is 287 cm³/mol. The summed E-state index contributed by atoms with van der Waals surface area (Å²) >= 11 is 0. The lowest BCUT2D eigenvalue weighted by molar-refractivity contribution is 0.297. The largest absolute Gasteiger partial charge is 0.351 e. The normalized spacial score (nSPS) is 22.5. The van der Waals surface area contributed by atoms with Crippen LogP contribution in [-0.2, 0) is 5.41 Å². The number of hydrogen-bond acceptors (Lipinski definition) is 4. The van der Waals surface area contributed by atoms with Crippen molar-refractivity contribution in [1.29, 1.82) is 5.26 Å². The second kappa shape index (κ2) is 15.9. The van der Waals surface area contributed by atoms with Crippen molar-refractivity contribution in [1.82, 2.24) is 19.8 Å². The van der Waals surface area contributed by atoms with Gasteiger partial charge in [0.25, 0.3) is 0 Å². The Kier molecular flexibility index (Phi) is 10.1. The quantitative estimate of drug-likeness (QED) is 0.169. The Hall–Kier alpha value is -6.68. The summed E-state index contributed by atoms with van der Waals surface area (Å²) in [5, 5.41) is 23.4. The Labute approximate surface area is 407 Å². The lowest BCUT2D eigenvalue weighted by Crippen LogP contribution is -2.45. The first-order chi connectivity index (χ1) is 33.2. The first-order valence-corrected chi connectivity index (χ1v) is 25.4. The van der Waals surface area contributed by atoms with Crippen molar-refractivity contribution in [3.8, 4) is 17.4 Å². The molecule has 3 heterocycles. The number of allylic oxidation sites excluding steroid dienone is 6. The van der Waals surface area contributed by atoms with E-state index in [0.717, 1.165) is 54.9 Å². The van der Waals surface area contributed by atoms with E-state index in [-0.39, 0.29) is 17.5 Å². The topological polar surface area (TPSA) is 70.1 Å². The van der Waals surface area contributed by atoms with Crippen molar-refractivity contribution < 1.29 is 0 Å². The first kappa shape index (κ1) is 43.6. The summed E-state index contributed by atoms with van der Waals surface area (Å²) in [6, 6.07) is 28.6. The van der Waals surface area contributed by atoms with Gasteiger partial charge >= 0.3 is 0 Å². The molecule has 6 nitrogen and oxygen atoms in total. The summed E-state index contributed by atoms with van der Waals surface area (Å²) in [4.78, 5) is 5.57. The Bertz CT molecular complexity index is 3520. The van der Waals surface area contributed by atoms with Gasteiger partial charge in [-0.2, -0.15) is 5.26 Å². The fraction of sp³-hybridized carbons (Fsp3) is 0.333. The minimum absolute atomic E-state index is 0.107. The average Bonchev–Trinajstić information content (AvgIpc) is 3.92. The van der Waals surface area contributed by atoms with E-state index in [1.165, 1.54) is 105 Å². The van der Waals surface area contributed by atoms with Gasteiger partial charge in [-0.15, -0.1) is 0 Å². The van der Waals surface area contributed by atoms with Gasteiger partial charge in [-0.25, -0.2) is 4.99 Å². The predicted octanol–water partition coefficient (Wildman–Crippen LogP) is 15.3. The number of hydrogen-bond donors (Lipinski definition) is 2. The molecule has 0 bridgehead atoms. The molecule has 2 aromatic heterocycles. The number of rotatable bonds is 5. The van der Waals surface area contributed by atoms with Crippen LogP contribution in [0, 0.1) is 58.8 Å². The summed E-state index contributed by atoms with van der Waals surface area (Å²) in [6.07, 6.45) is 18.2. The molecule has 0 saturated heterocycles. The highest BCUT2D eigenvalue weighted by molar-refractivity contribution is 6.12. The van der Waals surface area contributed by atoms with E-state index in [1.807, 2.05) is 0 Å². The lowest BCUT2D eigenvalue weighted by atomic mass is 9.72. The van der Waals surface area contributed by atoms with E-state index in [4.69, 9.17) is 4.99 Å². The van der Waals surface area contributed by atoms with Gasteiger partial charge in [-0.1, -0.05) is 116 Å². The zero-order chi connectivity index (χ0) is 47.8. The fourth-order valence-corrected chi connectivity index (χ4v) is 13.8. The van der Waals surface area contributed by atoms with Crippen LogP contribution in [0.2, 0.25) is 0 Å². The molecular weight excluding hydrogens is 841 g/mol. The maximum absolute atomic E-state index is 11.6. The van der Waals surface area contributed by atoms with Crippen LogP contribution in [0.1, 0.15) is 156 Å². The van der Waals surface area contributed by atoms with Gasteiger partial charge in [0, 0.05) is 38.9 Å². The molecule has 6 heteroatoms. The van der Waals surface area contributed by atoms with Crippen LogP contribution in [0.25, 0.3) is 50.2 Å². The molecule has 0 fully saturated rings. The monoisotopic (exact) mass is 905 g/mol. The van der Waals surface area contributed by atoms with Gasteiger partial charge in [0.2, 0.25) is 0 Å². The number of aliphatic imine (C=N–C) groups is 1. The number of nitriles is 1.